The molecule has 0 saturated heterocycles. The first kappa shape index (κ1) is 18.0. The third kappa shape index (κ3) is 2.96. The number of nitrogens with two attached hydrogens (primary N) is 2. The Labute approximate surface area is 160 Å². The van der Waals surface area contributed by atoms with Crippen molar-refractivity contribution in [2.75, 3.05) is 4.90 Å². The Hall–Kier alpha value is -3.43. The molecule has 0 radical (unpaired) electrons. The fraction of sp³-hybridized carbons (Fsp3) is 0.333. The number of rotatable bonds is 3. The Bertz CT molecular complexity index is 992. The van der Waals surface area contributed by atoms with Crippen molar-refractivity contribution in [3.05, 3.63) is 42.0 Å². The van der Waals surface area contributed by atoms with Crippen LogP contribution in [0.1, 0.15) is 42.6 Å². The van der Waals surface area contributed by atoms with Gasteiger partial charge in [0.15, 0.2) is 5.69 Å². The summed E-state index contributed by atoms with van der Waals surface area (Å²) in [6.45, 7) is 0. The van der Waals surface area contributed by atoms with Gasteiger partial charge in [-0.2, -0.15) is 10.1 Å². The van der Waals surface area contributed by atoms with Crippen LogP contribution in [0, 0.1) is 5.82 Å². The number of aromatic carboxylic acids is 1. The van der Waals surface area contributed by atoms with Crippen LogP contribution in [-0.2, 0) is 0 Å². The Morgan fingerprint density at radius 2 is 1.89 bits per heavy atom. The monoisotopic (exact) mass is 385 g/mol. The fourth-order valence-electron chi connectivity index (χ4n) is 3.91. The lowest BCUT2D eigenvalue weighted by Gasteiger charge is -2.46. The lowest BCUT2D eigenvalue weighted by Crippen LogP contribution is -2.58. The maximum atomic E-state index is 14.2. The highest BCUT2D eigenvalue weighted by molar-refractivity contribution is 6.06. The number of guanidine groups is 2. The standard InChI is InChI=1S/C18H20FN7O2/c19-11-4-5-13(25-9-6-12(24-25)15(27)28)14(10-11)26-17(21)22-16(20)23-18(26)7-2-1-3-8-18/h4-6,9-10H,1-3,7-8H2,(H,27,28)(H4,20,21,22,23). The van der Waals surface area contributed by atoms with E-state index in [2.05, 4.69) is 15.1 Å². The molecular weight excluding hydrogens is 365 g/mol. The Morgan fingerprint density at radius 1 is 1.14 bits per heavy atom. The van der Waals surface area contributed by atoms with Crippen LogP contribution in [0.15, 0.2) is 40.4 Å². The van der Waals surface area contributed by atoms with Crippen molar-refractivity contribution in [2.24, 2.45) is 21.5 Å². The average Bonchev–Trinajstić information content (AvgIpc) is 3.12. The Morgan fingerprint density at radius 3 is 2.57 bits per heavy atom. The first-order valence-electron chi connectivity index (χ1n) is 8.98. The molecule has 1 fully saturated rings. The highest BCUT2D eigenvalue weighted by atomic mass is 19.1. The maximum Gasteiger partial charge on any atom is 0.356 e. The lowest BCUT2D eigenvalue weighted by atomic mass is 9.87. The van der Waals surface area contributed by atoms with E-state index in [1.54, 1.807) is 4.90 Å². The van der Waals surface area contributed by atoms with Crippen LogP contribution in [0.4, 0.5) is 10.1 Å². The summed E-state index contributed by atoms with van der Waals surface area (Å²) in [5, 5.41) is 13.2. The number of halogens is 1. The van der Waals surface area contributed by atoms with Crippen molar-refractivity contribution >= 4 is 23.6 Å². The number of hydrogen-bond donors (Lipinski definition) is 3. The third-order valence-corrected chi connectivity index (χ3v) is 5.08. The molecule has 1 saturated carbocycles. The maximum absolute atomic E-state index is 14.2. The molecule has 2 aromatic rings. The number of carboxylic acids is 1. The van der Waals surface area contributed by atoms with Gasteiger partial charge in [0.25, 0.3) is 0 Å². The molecule has 1 aromatic carbocycles. The second-order valence-corrected chi connectivity index (χ2v) is 6.90. The van der Waals surface area contributed by atoms with Gasteiger partial charge in [0, 0.05) is 6.20 Å². The van der Waals surface area contributed by atoms with Gasteiger partial charge in [-0.15, -0.1) is 0 Å². The summed E-state index contributed by atoms with van der Waals surface area (Å²) >= 11 is 0. The van der Waals surface area contributed by atoms with E-state index >= 15 is 0 Å². The van der Waals surface area contributed by atoms with E-state index in [0.717, 1.165) is 19.3 Å². The van der Waals surface area contributed by atoms with Gasteiger partial charge in [-0.05, 0) is 49.9 Å². The first-order chi connectivity index (χ1) is 13.4. The molecule has 1 aromatic heterocycles. The van der Waals surface area contributed by atoms with Crippen molar-refractivity contribution in [1.82, 2.24) is 9.78 Å². The molecule has 9 nitrogen and oxygen atoms in total. The molecule has 1 aliphatic carbocycles. The number of benzene rings is 1. The SMILES string of the molecule is NC1=NC2(CCCCC2)N(c2cc(F)ccc2-n2ccc(C(=O)O)n2)C(N)=N1. The van der Waals surface area contributed by atoms with Crippen molar-refractivity contribution in [1.29, 1.82) is 0 Å². The van der Waals surface area contributed by atoms with Crippen LogP contribution in [0.5, 0.6) is 0 Å². The topological polar surface area (TPSA) is 135 Å². The predicted molar refractivity (Wildman–Crippen MR) is 102 cm³/mol. The van der Waals surface area contributed by atoms with Gasteiger partial charge in [-0.3, -0.25) is 4.90 Å². The number of anilines is 1. The number of nitrogens with zero attached hydrogens (tertiary/aromatic N) is 5. The zero-order valence-corrected chi connectivity index (χ0v) is 15.0. The van der Waals surface area contributed by atoms with E-state index < -0.39 is 17.4 Å². The minimum atomic E-state index is -1.15. The normalized spacial score (nSPS) is 18.7. The van der Waals surface area contributed by atoms with Crippen molar-refractivity contribution in [2.45, 2.75) is 37.8 Å². The average molecular weight is 385 g/mol. The van der Waals surface area contributed by atoms with Gasteiger partial charge in [0.2, 0.25) is 11.9 Å². The molecule has 1 spiro atoms. The second kappa shape index (κ2) is 6.63. The van der Waals surface area contributed by atoms with E-state index in [1.807, 2.05) is 0 Å². The van der Waals surface area contributed by atoms with Crippen LogP contribution in [0.25, 0.3) is 5.69 Å². The number of carbonyl (C=O) groups is 1. The van der Waals surface area contributed by atoms with E-state index in [1.165, 1.54) is 35.1 Å². The minimum absolute atomic E-state index is 0.0980. The summed E-state index contributed by atoms with van der Waals surface area (Å²) in [5.41, 5.74) is 12.1. The van der Waals surface area contributed by atoms with Crippen molar-refractivity contribution < 1.29 is 14.3 Å². The molecule has 146 valence electrons. The molecule has 4 rings (SSSR count). The van der Waals surface area contributed by atoms with E-state index in [-0.39, 0.29) is 17.6 Å². The Balaban J connectivity index is 1.88. The molecule has 0 bridgehead atoms. The van der Waals surface area contributed by atoms with E-state index in [0.29, 0.717) is 24.2 Å². The third-order valence-electron chi connectivity index (χ3n) is 5.08. The van der Waals surface area contributed by atoms with Gasteiger partial charge in [0.1, 0.15) is 11.5 Å². The zero-order valence-electron chi connectivity index (χ0n) is 15.0. The van der Waals surface area contributed by atoms with Gasteiger partial charge in [-0.25, -0.2) is 18.9 Å². The lowest BCUT2D eigenvalue weighted by molar-refractivity contribution is 0.0690. The predicted octanol–water partition coefficient (Wildman–Crippen LogP) is 1.82. The van der Waals surface area contributed by atoms with Crippen LogP contribution < -0.4 is 16.4 Å². The first-order valence-corrected chi connectivity index (χ1v) is 8.98. The largest absolute Gasteiger partial charge is 0.476 e. The number of carboxylic acid groups (broad SMARTS) is 1. The number of aromatic nitrogens is 2. The zero-order chi connectivity index (χ0) is 19.9. The van der Waals surface area contributed by atoms with Gasteiger partial charge >= 0.3 is 5.97 Å². The molecule has 0 unspecified atom stereocenters. The molecule has 2 aliphatic rings. The van der Waals surface area contributed by atoms with Crippen LogP contribution in [0.3, 0.4) is 0 Å². The fourth-order valence-corrected chi connectivity index (χ4v) is 3.91. The molecule has 10 heteroatoms. The molecule has 1 aliphatic heterocycles. The molecule has 0 atom stereocenters. The number of aliphatic imine (C=N–C) groups is 2. The van der Waals surface area contributed by atoms with Gasteiger partial charge in [0.05, 0.1) is 11.4 Å². The van der Waals surface area contributed by atoms with Crippen LogP contribution >= 0.6 is 0 Å². The smallest absolute Gasteiger partial charge is 0.356 e. The molecule has 2 heterocycles. The second-order valence-electron chi connectivity index (χ2n) is 6.90. The molecule has 5 N–H and O–H groups in total. The quantitative estimate of drug-likeness (QED) is 0.737. The summed E-state index contributed by atoms with van der Waals surface area (Å²) in [7, 11) is 0. The van der Waals surface area contributed by atoms with E-state index in [4.69, 9.17) is 16.6 Å². The highest BCUT2D eigenvalue weighted by Crippen LogP contribution is 2.41. The molecule has 28 heavy (non-hydrogen) atoms. The minimum Gasteiger partial charge on any atom is -0.476 e. The van der Waals surface area contributed by atoms with Crippen LogP contribution in [-0.4, -0.2) is 38.4 Å². The van der Waals surface area contributed by atoms with Crippen LogP contribution in [0.2, 0.25) is 0 Å². The van der Waals surface area contributed by atoms with Crippen molar-refractivity contribution in [3.63, 3.8) is 0 Å². The summed E-state index contributed by atoms with van der Waals surface area (Å²) in [5.74, 6) is -1.40. The molecule has 0 amide bonds. The summed E-state index contributed by atoms with van der Waals surface area (Å²) in [6.07, 6.45) is 5.81. The van der Waals surface area contributed by atoms with Gasteiger partial charge in [-0.1, -0.05) is 6.42 Å². The number of hydrogen-bond acceptors (Lipinski definition) is 7. The van der Waals surface area contributed by atoms with Crippen molar-refractivity contribution in [3.8, 4) is 5.69 Å². The summed E-state index contributed by atoms with van der Waals surface area (Å²) in [4.78, 5) is 21.6. The van der Waals surface area contributed by atoms with Gasteiger partial charge < -0.3 is 16.6 Å². The highest BCUT2D eigenvalue weighted by Gasteiger charge is 2.43. The van der Waals surface area contributed by atoms with E-state index in [9.17, 15) is 9.18 Å². The molecular formula is C18H20FN7O2. The summed E-state index contributed by atoms with van der Waals surface area (Å²) in [6, 6.07) is 5.50. The Kier molecular flexibility index (Phi) is 4.25. The summed E-state index contributed by atoms with van der Waals surface area (Å²) < 4.78 is 15.6.